The lowest BCUT2D eigenvalue weighted by Crippen LogP contribution is -2.32. The van der Waals surface area contributed by atoms with Crippen LogP contribution in [0.25, 0.3) is 11.1 Å². The number of benzene rings is 3. The van der Waals surface area contributed by atoms with E-state index in [4.69, 9.17) is 0 Å². The molecule has 3 aromatic rings. The van der Waals surface area contributed by atoms with Crippen molar-refractivity contribution in [3.63, 3.8) is 0 Å². The van der Waals surface area contributed by atoms with Gasteiger partial charge < -0.3 is 10.6 Å². The first-order valence-electron chi connectivity index (χ1n) is 8.55. The predicted molar refractivity (Wildman–Crippen MR) is 102 cm³/mol. The SMILES string of the molecule is O=C(CNC(=O)c1ccccc1)Nc1ccc2c(c1)Cc1ccccc1-2. The summed E-state index contributed by atoms with van der Waals surface area (Å²) in [5.41, 5.74) is 6.27. The van der Waals surface area contributed by atoms with Crippen LogP contribution in [0.4, 0.5) is 5.69 Å². The summed E-state index contributed by atoms with van der Waals surface area (Å²) >= 11 is 0. The molecule has 1 aliphatic carbocycles. The van der Waals surface area contributed by atoms with Crippen molar-refractivity contribution in [2.75, 3.05) is 11.9 Å². The van der Waals surface area contributed by atoms with Crippen LogP contribution < -0.4 is 10.6 Å². The number of carbonyl (C=O) groups is 2. The predicted octanol–water partition coefficient (Wildman–Crippen LogP) is 3.63. The molecule has 2 amide bonds. The van der Waals surface area contributed by atoms with Gasteiger partial charge in [-0.05, 0) is 52.9 Å². The molecule has 0 aromatic heterocycles. The highest BCUT2D eigenvalue weighted by Gasteiger charge is 2.18. The van der Waals surface area contributed by atoms with Crippen molar-refractivity contribution in [2.45, 2.75) is 6.42 Å². The second-order valence-electron chi connectivity index (χ2n) is 6.30. The lowest BCUT2D eigenvalue weighted by atomic mass is 10.1. The summed E-state index contributed by atoms with van der Waals surface area (Å²) in [6.45, 7) is -0.0644. The number of amides is 2. The molecule has 1 aliphatic rings. The Morgan fingerprint density at radius 1 is 0.808 bits per heavy atom. The van der Waals surface area contributed by atoms with Crippen LogP contribution in [0, 0.1) is 0 Å². The van der Waals surface area contributed by atoms with Crippen LogP contribution in [0.1, 0.15) is 21.5 Å². The first kappa shape index (κ1) is 16.1. The van der Waals surface area contributed by atoms with E-state index >= 15 is 0 Å². The van der Waals surface area contributed by atoms with Crippen molar-refractivity contribution in [2.24, 2.45) is 0 Å². The van der Waals surface area contributed by atoms with Gasteiger partial charge in [-0.25, -0.2) is 0 Å². The number of rotatable bonds is 4. The third kappa shape index (κ3) is 3.22. The Kier molecular flexibility index (Phi) is 4.23. The van der Waals surface area contributed by atoms with E-state index in [1.807, 2.05) is 36.4 Å². The van der Waals surface area contributed by atoms with Gasteiger partial charge in [-0.1, -0.05) is 48.5 Å². The highest BCUT2D eigenvalue weighted by Crippen LogP contribution is 2.37. The number of nitrogens with one attached hydrogen (secondary N) is 2. The standard InChI is InChI=1S/C22H18N2O2/c25-21(14-23-22(26)15-6-2-1-3-7-15)24-18-10-11-20-17(13-18)12-16-8-4-5-9-19(16)20/h1-11,13H,12,14H2,(H,23,26)(H,24,25). The lowest BCUT2D eigenvalue weighted by Gasteiger charge is -2.09. The van der Waals surface area contributed by atoms with Crippen molar-refractivity contribution in [3.05, 3.63) is 89.5 Å². The summed E-state index contributed by atoms with van der Waals surface area (Å²) in [5, 5.41) is 5.49. The van der Waals surface area contributed by atoms with Gasteiger partial charge in [0.05, 0.1) is 6.54 Å². The molecule has 4 rings (SSSR count). The topological polar surface area (TPSA) is 58.2 Å². The Bertz CT molecular complexity index is 980. The summed E-state index contributed by atoms with van der Waals surface area (Å²) in [5.74, 6) is -0.505. The molecule has 4 nitrogen and oxygen atoms in total. The smallest absolute Gasteiger partial charge is 0.251 e. The van der Waals surface area contributed by atoms with E-state index in [0.29, 0.717) is 5.56 Å². The highest BCUT2D eigenvalue weighted by molar-refractivity contribution is 5.99. The minimum Gasteiger partial charge on any atom is -0.343 e. The van der Waals surface area contributed by atoms with E-state index in [9.17, 15) is 9.59 Å². The first-order valence-corrected chi connectivity index (χ1v) is 8.55. The molecule has 0 fully saturated rings. The van der Waals surface area contributed by atoms with Crippen LogP contribution in [-0.2, 0) is 11.2 Å². The average Bonchev–Trinajstić information content (AvgIpc) is 3.04. The van der Waals surface area contributed by atoms with Gasteiger partial charge in [0, 0.05) is 11.3 Å². The molecule has 0 saturated carbocycles. The Morgan fingerprint density at radius 3 is 2.38 bits per heavy atom. The molecule has 0 radical (unpaired) electrons. The van der Waals surface area contributed by atoms with Gasteiger partial charge in [0.25, 0.3) is 5.91 Å². The molecule has 26 heavy (non-hydrogen) atoms. The van der Waals surface area contributed by atoms with Crippen molar-refractivity contribution < 1.29 is 9.59 Å². The van der Waals surface area contributed by atoms with Crippen molar-refractivity contribution >= 4 is 17.5 Å². The number of anilines is 1. The second-order valence-corrected chi connectivity index (χ2v) is 6.30. The van der Waals surface area contributed by atoms with Crippen LogP contribution in [0.2, 0.25) is 0 Å². The van der Waals surface area contributed by atoms with Gasteiger partial charge in [0.1, 0.15) is 0 Å². The number of fused-ring (bicyclic) bond motifs is 3. The maximum absolute atomic E-state index is 12.1. The van der Waals surface area contributed by atoms with E-state index in [-0.39, 0.29) is 18.4 Å². The Labute approximate surface area is 151 Å². The zero-order valence-electron chi connectivity index (χ0n) is 14.2. The minimum absolute atomic E-state index is 0.0644. The summed E-state index contributed by atoms with van der Waals surface area (Å²) < 4.78 is 0. The van der Waals surface area contributed by atoms with Crippen LogP contribution in [0.15, 0.2) is 72.8 Å². The molecular formula is C22H18N2O2. The van der Waals surface area contributed by atoms with Crippen LogP contribution in [-0.4, -0.2) is 18.4 Å². The van der Waals surface area contributed by atoms with E-state index in [1.165, 1.54) is 22.3 Å². The fourth-order valence-electron chi connectivity index (χ4n) is 3.28. The monoisotopic (exact) mass is 342 g/mol. The van der Waals surface area contributed by atoms with Gasteiger partial charge >= 0.3 is 0 Å². The number of carbonyl (C=O) groups excluding carboxylic acids is 2. The Hall–Kier alpha value is -3.40. The number of hydrogen-bond acceptors (Lipinski definition) is 2. The quantitative estimate of drug-likeness (QED) is 0.595. The molecule has 4 heteroatoms. The molecule has 0 saturated heterocycles. The summed E-state index contributed by atoms with van der Waals surface area (Å²) in [6, 6.07) is 23.1. The molecule has 3 aromatic carbocycles. The molecule has 0 aliphatic heterocycles. The molecule has 0 bridgehead atoms. The molecule has 128 valence electrons. The molecule has 0 heterocycles. The van der Waals surface area contributed by atoms with Gasteiger partial charge in [-0.2, -0.15) is 0 Å². The molecule has 0 spiro atoms. The molecule has 0 atom stereocenters. The van der Waals surface area contributed by atoms with Crippen LogP contribution >= 0.6 is 0 Å². The van der Waals surface area contributed by atoms with Crippen molar-refractivity contribution in [3.8, 4) is 11.1 Å². The normalized spacial score (nSPS) is 11.4. The Balaban J connectivity index is 1.38. The van der Waals surface area contributed by atoms with E-state index in [0.717, 1.165) is 12.1 Å². The maximum atomic E-state index is 12.1. The zero-order chi connectivity index (χ0) is 17.9. The van der Waals surface area contributed by atoms with Gasteiger partial charge in [-0.15, -0.1) is 0 Å². The first-order chi connectivity index (χ1) is 12.7. The molecule has 0 unspecified atom stereocenters. The van der Waals surface area contributed by atoms with Crippen LogP contribution in [0.5, 0.6) is 0 Å². The third-order valence-corrected chi connectivity index (χ3v) is 4.52. The molecular weight excluding hydrogens is 324 g/mol. The van der Waals surface area contributed by atoms with Crippen molar-refractivity contribution in [1.82, 2.24) is 5.32 Å². The van der Waals surface area contributed by atoms with Gasteiger partial charge in [0.15, 0.2) is 0 Å². The maximum Gasteiger partial charge on any atom is 0.251 e. The minimum atomic E-state index is -0.259. The fourth-order valence-corrected chi connectivity index (χ4v) is 3.28. The largest absolute Gasteiger partial charge is 0.343 e. The molecule has 2 N–H and O–H groups in total. The van der Waals surface area contributed by atoms with Gasteiger partial charge in [0.2, 0.25) is 5.91 Å². The second kappa shape index (κ2) is 6.84. The lowest BCUT2D eigenvalue weighted by molar-refractivity contribution is -0.115. The third-order valence-electron chi connectivity index (χ3n) is 4.52. The van der Waals surface area contributed by atoms with Gasteiger partial charge in [-0.3, -0.25) is 9.59 Å². The van der Waals surface area contributed by atoms with Crippen LogP contribution in [0.3, 0.4) is 0 Å². The van der Waals surface area contributed by atoms with E-state index in [1.54, 1.807) is 24.3 Å². The summed E-state index contributed by atoms with van der Waals surface area (Å²) in [6.07, 6.45) is 0.875. The fraction of sp³-hybridized carbons (Fsp3) is 0.0909. The average molecular weight is 342 g/mol. The summed E-state index contributed by atoms with van der Waals surface area (Å²) in [4.78, 5) is 24.1. The van der Waals surface area contributed by atoms with E-state index < -0.39 is 0 Å². The summed E-state index contributed by atoms with van der Waals surface area (Å²) in [7, 11) is 0. The highest BCUT2D eigenvalue weighted by atomic mass is 16.2. The Morgan fingerprint density at radius 2 is 1.54 bits per heavy atom. The zero-order valence-corrected chi connectivity index (χ0v) is 14.2. The van der Waals surface area contributed by atoms with E-state index in [2.05, 4.69) is 22.8 Å². The number of hydrogen-bond donors (Lipinski definition) is 2. The van der Waals surface area contributed by atoms with Crippen molar-refractivity contribution in [1.29, 1.82) is 0 Å².